The van der Waals surface area contributed by atoms with E-state index in [4.69, 9.17) is 4.74 Å². The summed E-state index contributed by atoms with van der Waals surface area (Å²) in [4.78, 5) is 14.7. The van der Waals surface area contributed by atoms with E-state index in [0.29, 0.717) is 18.7 Å². The third kappa shape index (κ3) is 5.46. The molecular formula is C25H28N2O2. The van der Waals surface area contributed by atoms with Crippen molar-refractivity contribution in [3.05, 3.63) is 90.0 Å². The lowest BCUT2D eigenvalue weighted by molar-refractivity contribution is 0.0942. The lowest BCUT2D eigenvalue weighted by Crippen LogP contribution is -2.34. The molecule has 0 saturated carbocycles. The normalized spacial score (nSPS) is 11.9. The van der Waals surface area contributed by atoms with Crippen LogP contribution in [0.15, 0.2) is 78.9 Å². The molecule has 0 bridgehead atoms. The Morgan fingerprint density at radius 2 is 1.52 bits per heavy atom. The van der Waals surface area contributed by atoms with Crippen LogP contribution in [0.3, 0.4) is 0 Å². The number of carbonyl (C=O) groups is 1. The average Bonchev–Trinajstić information content (AvgIpc) is 2.75. The Hall–Kier alpha value is -3.11. The molecular weight excluding hydrogens is 360 g/mol. The molecule has 4 nitrogen and oxygen atoms in total. The van der Waals surface area contributed by atoms with Crippen LogP contribution in [0, 0.1) is 0 Å². The van der Waals surface area contributed by atoms with Crippen molar-refractivity contribution >= 4 is 5.91 Å². The first-order valence-corrected chi connectivity index (χ1v) is 9.91. The molecule has 150 valence electrons. The summed E-state index contributed by atoms with van der Waals surface area (Å²) in [6.45, 7) is 3.15. The Morgan fingerprint density at radius 1 is 0.897 bits per heavy atom. The van der Waals surface area contributed by atoms with E-state index in [2.05, 4.69) is 34.5 Å². The maximum Gasteiger partial charge on any atom is 0.251 e. The van der Waals surface area contributed by atoms with Crippen LogP contribution in [0.5, 0.6) is 5.75 Å². The number of rotatable bonds is 8. The van der Waals surface area contributed by atoms with Gasteiger partial charge in [0.05, 0.1) is 12.6 Å². The number of benzene rings is 3. The monoisotopic (exact) mass is 388 g/mol. The molecule has 3 aromatic rings. The van der Waals surface area contributed by atoms with E-state index in [9.17, 15) is 4.79 Å². The number of hydrogen-bond acceptors (Lipinski definition) is 3. The molecule has 1 amide bonds. The molecule has 1 atom stereocenters. The summed E-state index contributed by atoms with van der Waals surface area (Å²) in [6, 6.07) is 26.0. The van der Waals surface area contributed by atoms with E-state index in [-0.39, 0.29) is 11.9 Å². The summed E-state index contributed by atoms with van der Waals surface area (Å²) in [5, 5.41) is 3.07. The van der Waals surface area contributed by atoms with Gasteiger partial charge in [-0.2, -0.15) is 0 Å². The van der Waals surface area contributed by atoms with Crippen molar-refractivity contribution in [3.8, 4) is 16.9 Å². The zero-order valence-electron chi connectivity index (χ0n) is 17.3. The second-order valence-corrected chi connectivity index (χ2v) is 7.13. The summed E-state index contributed by atoms with van der Waals surface area (Å²) < 4.78 is 5.52. The van der Waals surface area contributed by atoms with Gasteiger partial charge < -0.3 is 15.0 Å². The summed E-state index contributed by atoms with van der Waals surface area (Å²) in [6.07, 6.45) is 0. The molecule has 4 heteroatoms. The van der Waals surface area contributed by atoms with Gasteiger partial charge in [0.25, 0.3) is 5.91 Å². The lowest BCUT2D eigenvalue weighted by Gasteiger charge is -2.25. The second kappa shape index (κ2) is 9.89. The summed E-state index contributed by atoms with van der Waals surface area (Å²) in [5.74, 6) is 0.790. The molecule has 0 heterocycles. The van der Waals surface area contributed by atoms with Crippen molar-refractivity contribution < 1.29 is 9.53 Å². The van der Waals surface area contributed by atoms with Crippen LogP contribution in [-0.4, -0.2) is 38.1 Å². The van der Waals surface area contributed by atoms with Gasteiger partial charge >= 0.3 is 0 Å². The molecule has 0 aliphatic carbocycles. The zero-order chi connectivity index (χ0) is 20.6. The van der Waals surface area contributed by atoms with E-state index < -0.39 is 0 Å². The molecule has 0 aromatic heterocycles. The Morgan fingerprint density at radius 3 is 2.10 bits per heavy atom. The molecule has 0 aliphatic rings. The number of carbonyl (C=O) groups excluding carboxylic acids is 1. The summed E-state index contributed by atoms with van der Waals surface area (Å²) >= 11 is 0. The van der Waals surface area contributed by atoms with Gasteiger partial charge in [0.2, 0.25) is 0 Å². The highest BCUT2D eigenvalue weighted by molar-refractivity contribution is 5.94. The first kappa shape index (κ1) is 20.6. The highest BCUT2D eigenvalue weighted by Crippen LogP contribution is 2.22. The van der Waals surface area contributed by atoms with Gasteiger partial charge in [-0.1, -0.05) is 54.6 Å². The fourth-order valence-corrected chi connectivity index (χ4v) is 3.29. The van der Waals surface area contributed by atoms with Crippen molar-refractivity contribution in [1.82, 2.24) is 10.2 Å². The predicted molar refractivity (Wildman–Crippen MR) is 118 cm³/mol. The van der Waals surface area contributed by atoms with Gasteiger partial charge in [0.15, 0.2) is 0 Å². The number of nitrogens with one attached hydrogen (secondary N) is 1. The number of nitrogens with zero attached hydrogens (tertiary/aromatic N) is 1. The number of ether oxygens (including phenoxy) is 1. The van der Waals surface area contributed by atoms with Crippen molar-refractivity contribution in [2.24, 2.45) is 0 Å². The van der Waals surface area contributed by atoms with E-state index in [1.165, 1.54) is 0 Å². The van der Waals surface area contributed by atoms with Crippen molar-refractivity contribution in [1.29, 1.82) is 0 Å². The maximum absolute atomic E-state index is 12.6. The topological polar surface area (TPSA) is 41.6 Å². The third-order valence-electron chi connectivity index (χ3n) is 4.91. The second-order valence-electron chi connectivity index (χ2n) is 7.13. The molecule has 0 fully saturated rings. The van der Waals surface area contributed by atoms with Gasteiger partial charge in [0.1, 0.15) is 5.75 Å². The maximum atomic E-state index is 12.6. The highest BCUT2D eigenvalue weighted by Gasteiger charge is 2.16. The number of hydrogen-bond donors (Lipinski definition) is 1. The molecule has 0 unspecified atom stereocenters. The number of amides is 1. The highest BCUT2D eigenvalue weighted by atomic mass is 16.5. The van der Waals surface area contributed by atoms with Gasteiger partial charge in [0, 0.05) is 12.1 Å². The molecule has 0 aliphatic heterocycles. The van der Waals surface area contributed by atoms with E-state index >= 15 is 0 Å². The van der Waals surface area contributed by atoms with E-state index in [1.54, 1.807) is 0 Å². The smallest absolute Gasteiger partial charge is 0.251 e. The molecule has 3 rings (SSSR count). The first-order chi connectivity index (χ1) is 14.1. The largest absolute Gasteiger partial charge is 0.494 e. The molecule has 3 aromatic carbocycles. The Kier molecular flexibility index (Phi) is 7.04. The number of likely N-dealkylation sites (N-methyl/N-ethyl adjacent to an activating group) is 1. The predicted octanol–water partition coefficient (Wildman–Crippen LogP) is 4.79. The summed E-state index contributed by atoms with van der Waals surface area (Å²) in [7, 11) is 4.03. The fraction of sp³-hybridized carbons (Fsp3) is 0.240. The Balaban J connectivity index is 1.64. The van der Waals surface area contributed by atoms with E-state index in [0.717, 1.165) is 22.4 Å². The van der Waals surface area contributed by atoms with Gasteiger partial charge in [-0.15, -0.1) is 0 Å². The van der Waals surface area contributed by atoms with Crippen LogP contribution < -0.4 is 10.1 Å². The lowest BCUT2D eigenvalue weighted by atomic mass is 10.0. The molecule has 29 heavy (non-hydrogen) atoms. The Bertz CT molecular complexity index is 904. The molecule has 1 N–H and O–H groups in total. The average molecular weight is 389 g/mol. The SMILES string of the molecule is CCOc1ccc([C@H](CNC(=O)c2ccc(-c3ccccc3)cc2)N(C)C)cc1. The third-order valence-corrected chi connectivity index (χ3v) is 4.91. The first-order valence-electron chi connectivity index (χ1n) is 9.91. The molecule has 0 radical (unpaired) electrons. The van der Waals surface area contributed by atoms with Crippen LogP contribution in [-0.2, 0) is 0 Å². The van der Waals surface area contributed by atoms with Crippen LogP contribution >= 0.6 is 0 Å². The van der Waals surface area contributed by atoms with Crippen LogP contribution in [0.1, 0.15) is 28.9 Å². The minimum absolute atomic E-state index is 0.0672. The minimum atomic E-state index is -0.0672. The van der Waals surface area contributed by atoms with Gasteiger partial charge in [-0.3, -0.25) is 4.79 Å². The molecule has 0 spiro atoms. The minimum Gasteiger partial charge on any atom is -0.494 e. The van der Waals surface area contributed by atoms with Crippen molar-refractivity contribution in [3.63, 3.8) is 0 Å². The van der Waals surface area contributed by atoms with E-state index in [1.807, 2.05) is 75.6 Å². The standard InChI is InChI=1S/C25H28N2O2/c1-4-29-23-16-14-21(15-17-23)24(27(2)3)18-26-25(28)22-12-10-20(11-13-22)19-8-6-5-7-9-19/h5-17,24H,4,18H2,1-3H3,(H,26,28)/t24-/m0/s1. The van der Waals surface area contributed by atoms with Gasteiger partial charge in [-0.05, 0) is 62.0 Å². The Labute approximate surface area is 173 Å². The molecule has 0 saturated heterocycles. The van der Waals surface area contributed by atoms with Gasteiger partial charge in [-0.25, -0.2) is 0 Å². The zero-order valence-corrected chi connectivity index (χ0v) is 17.3. The van der Waals surface area contributed by atoms with Crippen molar-refractivity contribution in [2.45, 2.75) is 13.0 Å². The fourth-order valence-electron chi connectivity index (χ4n) is 3.29. The van der Waals surface area contributed by atoms with Crippen LogP contribution in [0.4, 0.5) is 0 Å². The van der Waals surface area contributed by atoms with Crippen LogP contribution in [0.25, 0.3) is 11.1 Å². The quantitative estimate of drug-likeness (QED) is 0.603. The van der Waals surface area contributed by atoms with Crippen molar-refractivity contribution in [2.75, 3.05) is 27.2 Å². The van der Waals surface area contributed by atoms with Crippen LogP contribution in [0.2, 0.25) is 0 Å². The summed E-state index contributed by atoms with van der Waals surface area (Å²) in [5.41, 5.74) is 4.04.